The Kier molecular flexibility index (Phi) is 4.18. The lowest BCUT2D eigenvalue weighted by Crippen LogP contribution is -2.28. The monoisotopic (exact) mass is 225 g/mol. The molecule has 0 amide bonds. The van der Waals surface area contributed by atoms with Crippen molar-refractivity contribution >= 4 is 11.3 Å². The van der Waals surface area contributed by atoms with Gasteiger partial charge in [0.05, 0.1) is 0 Å². The first-order chi connectivity index (χ1) is 7.36. The summed E-state index contributed by atoms with van der Waals surface area (Å²) in [6, 6.07) is 2.84. The van der Waals surface area contributed by atoms with E-state index in [2.05, 4.69) is 23.7 Å². The molecule has 0 bridgehead atoms. The van der Waals surface area contributed by atoms with E-state index < -0.39 is 0 Å². The van der Waals surface area contributed by atoms with E-state index >= 15 is 0 Å². The molecule has 0 aliphatic carbocycles. The van der Waals surface area contributed by atoms with Crippen LogP contribution in [0.5, 0.6) is 0 Å². The van der Waals surface area contributed by atoms with Crippen molar-refractivity contribution < 1.29 is 4.74 Å². The van der Waals surface area contributed by atoms with Crippen molar-refractivity contribution in [2.24, 2.45) is 0 Å². The van der Waals surface area contributed by atoms with Crippen molar-refractivity contribution in [2.75, 3.05) is 13.2 Å². The Bertz CT molecular complexity index is 290. The van der Waals surface area contributed by atoms with Crippen LogP contribution in [0.25, 0.3) is 0 Å². The van der Waals surface area contributed by atoms with Gasteiger partial charge in [-0.25, -0.2) is 0 Å². The van der Waals surface area contributed by atoms with Crippen LogP contribution >= 0.6 is 11.3 Å². The first kappa shape index (κ1) is 11.1. The van der Waals surface area contributed by atoms with Gasteiger partial charge < -0.3 is 10.1 Å². The molecule has 84 valence electrons. The number of nitrogens with one attached hydrogen (secondary N) is 1. The van der Waals surface area contributed by atoms with E-state index in [9.17, 15) is 0 Å². The predicted molar refractivity (Wildman–Crippen MR) is 64.4 cm³/mol. The highest BCUT2D eigenvalue weighted by molar-refractivity contribution is 7.10. The highest BCUT2D eigenvalue weighted by atomic mass is 32.1. The molecule has 0 saturated carbocycles. The smallest absolute Gasteiger partial charge is 0.0480 e. The molecule has 3 heteroatoms. The van der Waals surface area contributed by atoms with Crippen LogP contribution in [0, 0.1) is 6.92 Å². The van der Waals surface area contributed by atoms with Crippen molar-refractivity contribution in [3.05, 3.63) is 21.9 Å². The highest BCUT2D eigenvalue weighted by Gasteiger charge is 2.12. The summed E-state index contributed by atoms with van der Waals surface area (Å²) in [6.07, 6.45) is 3.61. The van der Waals surface area contributed by atoms with Gasteiger partial charge in [0.15, 0.2) is 0 Å². The van der Waals surface area contributed by atoms with Crippen molar-refractivity contribution in [3.8, 4) is 0 Å². The van der Waals surface area contributed by atoms with Crippen LogP contribution in [0.1, 0.15) is 29.7 Å². The zero-order chi connectivity index (χ0) is 10.5. The average Bonchev–Trinajstić information content (AvgIpc) is 2.53. The first-order valence-electron chi connectivity index (χ1n) is 5.70. The van der Waals surface area contributed by atoms with Gasteiger partial charge in [-0.1, -0.05) is 0 Å². The van der Waals surface area contributed by atoms with Crippen LogP contribution in [0.15, 0.2) is 11.4 Å². The van der Waals surface area contributed by atoms with Gasteiger partial charge in [0, 0.05) is 30.7 Å². The fourth-order valence-corrected chi connectivity index (χ4v) is 2.79. The second-order valence-corrected chi connectivity index (χ2v) is 5.15. The fourth-order valence-electron chi connectivity index (χ4n) is 1.93. The van der Waals surface area contributed by atoms with E-state index in [4.69, 9.17) is 4.74 Å². The van der Waals surface area contributed by atoms with E-state index in [0.717, 1.165) is 26.2 Å². The molecule has 0 radical (unpaired) electrons. The van der Waals surface area contributed by atoms with Crippen LogP contribution in [-0.4, -0.2) is 19.3 Å². The van der Waals surface area contributed by atoms with Gasteiger partial charge in [-0.2, -0.15) is 0 Å². The number of ether oxygens (including phenoxy) is 1. The molecule has 0 aromatic carbocycles. The molecule has 1 aliphatic heterocycles. The van der Waals surface area contributed by atoms with Gasteiger partial charge in [-0.05, 0) is 43.2 Å². The topological polar surface area (TPSA) is 21.3 Å². The van der Waals surface area contributed by atoms with E-state index in [1.54, 1.807) is 0 Å². The molecule has 1 N–H and O–H groups in total. The molecule has 15 heavy (non-hydrogen) atoms. The maximum atomic E-state index is 5.45. The standard InChI is InChI=1S/C12H19NOS/c1-10-5-8-15-12(10)9-13-11-3-2-6-14-7-4-11/h5,8,11,13H,2-4,6-7,9H2,1H3. The van der Waals surface area contributed by atoms with Crippen LogP contribution in [-0.2, 0) is 11.3 Å². The third kappa shape index (κ3) is 3.30. The fraction of sp³-hybridized carbons (Fsp3) is 0.667. The Labute approximate surface area is 95.6 Å². The molecule has 1 aliphatic rings. The van der Waals surface area contributed by atoms with E-state index in [-0.39, 0.29) is 0 Å². The maximum absolute atomic E-state index is 5.45. The number of thiophene rings is 1. The molecule has 1 unspecified atom stereocenters. The number of hydrogen-bond donors (Lipinski definition) is 1. The Balaban J connectivity index is 1.79. The Morgan fingerprint density at radius 3 is 3.20 bits per heavy atom. The van der Waals surface area contributed by atoms with Crippen molar-refractivity contribution in [3.63, 3.8) is 0 Å². The van der Waals surface area contributed by atoms with E-state index in [1.165, 1.54) is 23.3 Å². The quantitative estimate of drug-likeness (QED) is 0.854. The Hall–Kier alpha value is -0.380. The van der Waals surface area contributed by atoms with Gasteiger partial charge in [-0.3, -0.25) is 0 Å². The lowest BCUT2D eigenvalue weighted by atomic mass is 10.1. The van der Waals surface area contributed by atoms with Gasteiger partial charge in [-0.15, -0.1) is 11.3 Å². The van der Waals surface area contributed by atoms with Crippen molar-refractivity contribution in [2.45, 2.75) is 38.8 Å². The third-order valence-electron chi connectivity index (χ3n) is 2.97. The molecular formula is C12H19NOS. The second kappa shape index (κ2) is 5.64. The molecule has 1 atom stereocenters. The zero-order valence-corrected chi connectivity index (χ0v) is 10.1. The lowest BCUT2D eigenvalue weighted by Gasteiger charge is -2.15. The first-order valence-corrected chi connectivity index (χ1v) is 6.58. The Morgan fingerprint density at radius 1 is 1.47 bits per heavy atom. The lowest BCUT2D eigenvalue weighted by molar-refractivity contribution is 0.142. The second-order valence-electron chi connectivity index (χ2n) is 4.15. The summed E-state index contributed by atoms with van der Waals surface area (Å²) < 4.78 is 5.45. The van der Waals surface area contributed by atoms with Gasteiger partial charge in [0.1, 0.15) is 0 Å². The number of hydrogen-bond acceptors (Lipinski definition) is 3. The average molecular weight is 225 g/mol. The molecular weight excluding hydrogens is 206 g/mol. The SMILES string of the molecule is Cc1ccsc1CNC1CCCOCC1. The summed E-state index contributed by atoms with van der Waals surface area (Å²) in [4.78, 5) is 1.47. The minimum atomic E-state index is 0.647. The molecule has 2 rings (SSSR count). The summed E-state index contributed by atoms with van der Waals surface area (Å²) in [5.41, 5.74) is 1.41. The van der Waals surface area contributed by atoms with Crippen LogP contribution in [0.3, 0.4) is 0 Å². The number of aryl methyl sites for hydroxylation is 1. The van der Waals surface area contributed by atoms with Crippen LogP contribution < -0.4 is 5.32 Å². The van der Waals surface area contributed by atoms with Gasteiger partial charge in [0.2, 0.25) is 0 Å². The molecule has 1 aromatic rings. The van der Waals surface area contributed by atoms with Gasteiger partial charge >= 0.3 is 0 Å². The molecule has 2 nitrogen and oxygen atoms in total. The minimum Gasteiger partial charge on any atom is -0.381 e. The number of rotatable bonds is 3. The molecule has 2 heterocycles. The molecule has 0 spiro atoms. The molecule has 1 aromatic heterocycles. The third-order valence-corrected chi connectivity index (χ3v) is 3.99. The van der Waals surface area contributed by atoms with Crippen molar-refractivity contribution in [1.29, 1.82) is 0 Å². The van der Waals surface area contributed by atoms with Crippen LogP contribution in [0.2, 0.25) is 0 Å². The summed E-state index contributed by atoms with van der Waals surface area (Å²) in [5, 5.41) is 5.80. The van der Waals surface area contributed by atoms with E-state index in [0.29, 0.717) is 6.04 Å². The Morgan fingerprint density at radius 2 is 2.40 bits per heavy atom. The molecule has 1 saturated heterocycles. The molecule has 1 fully saturated rings. The van der Waals surface area contributed by atoms with Crippen LogP contribution in [0.4, 0.5) is 0 Å². The minimum absolute atomic E-state index is 0.647. The summed E-state index contributed by atoms with van der Waals surface area (Å²) in [6.45, 7) is 5.06. The normalized spacial score (nSPS) is 22.6. The van der Waals surface area contributed by atoms with E-state index in [1.807, 2.05) is 11.3 Å². The predicted octanol–water partition coefficient (Wildman–Crippen LogP) is 2.72. The summed E-state index contributed by atoms with van der Waals surface area (Å²) in [7, 11) is 0. The van der Waals surface area contributed by atoms with Gasteiger partial charge in [0.25, 0.3) is 0 Å². The summed E-state index contributed by atoms with van der Waals surface area (Å²) >= 11 is 1.85. The zero-order valence-electron chi connectivity index (χ0n) is 9.29. The highest BCUT2D eigenvalue weighted by Crippen LogP contribution is 2.16. The summed E-state index contributed by atoms with van der Waals surface area (Å²) in [5.74, 6) is 0. The largest absolute Gasteiger partial charge is 0.381 e. The maximum Gasteiger partial charge on any atom is 0.0480 e. The van der Waals surface area contributed by atoms with Crippen molar-refractivity contribution in [1.82, 2.24) is 5.32 Å².